The van der Waals surface area contributed by atoms with Gasteiger partial charge in [-0.1, -0.05) is 37.7 Å². The molecule has 1 amide bonds. The third-order valence-electron chi connectivity index (χ3n) is 4.21. The van der Waals surface area contributed by atoms with Gasteiger partial charge in [0.05, 0.1) is 16.4 Å². The molecule has 1 N–H and O–H groups in total. The number of nitrogens with one attached hydrogen (secondary N) is 1. The molecule has 3 rings (SSSR count). The van der Waals surface area contributed by atoms with Crippen LogP contribution in [0.1, 0.15) is 25.3 Å². The fourth-order valence-electron chi connectivity index (χ4n) is 2.65. The van der Waals surface area contributed by atoms with Gasteiger partial charge < -0.3 is 5.32 Å². The SMILES string of the molecule is CC(C)c1ccc(-n2ccnc2SCC(=O)Nc2cc([N+](=O)[O-])ccc2F)cc1. The number of benzene rings is 2. The van der Waals surface area contributed by atoms with Gasteiger partial charge in [-0.05, 0) is 29.7 Å². The lowest BCUT2D eigenvalue weighted by Crippen LogP contribution is -2.15. The van der Waals surface area contributed by atoms with E-state index in [1.807, 2.05) is 28.8 Å². The number of imidazole rings is 1. The fourth-order valence-corrected chi connectivity index (χ4v) is 3.42. The number of aromatic nitrogens is 2. The molecular formula is C20H19FN4O3S. The number of carbonyl (C=O) groups excluding carboxylic acids is 1. The summed E-state index contributed by atoms with van der Waals surface area (Å²) in [6, 6.07) is 11.1. The van der Waals surface area contributed by atoms with Gasteiger partial charge in [0, 0.05) is 30.2 Å². The summed E-state index contributed by atoms with van der Waals surface area (Å²) in [4.78, 5) is 26.6. The summed E-state index contributed by atoms with van der Waals surface area (Å²) in [7, 11) is 0. The molecule has 0 unspecified atom stereocenters. The zero-order valence-electron chi connectivity index (χ0n) is 15.8. The zero-order chi connectivity index (χ0) is 21.0. The zero-order valence-corrected chi connectivity index (χ0v) is 16.6. The molecule has 0 radical (unpaired) electrons. The van der Waals surface area contributed by atoms with E-state index in [9.17, 15) is 19.3 Å². The maximum absolute atomic E-state index is 13.8. The van der Waals surface area contributed by atoms with Crippen LogP contribution in [0.3, 0.4) is 0 Å². The van der Waals surface area contributed by atoms with Crippen LogP contribution in [0.25, 0.3) is 5.69 Å². The number of non-ortho nitro benzene ring substituents is 1. The van der Waals surface area contributed by atoms with Crippen molar-refractivity contribution in [2.45, 2.75) is 24.9 Å². The number of nitro groups is 1. The third-order valence-corrected chi connectivity index (χ3v) is 5.18. The van der Waals surface area contributed by atoms with E-state index < -0.39 is 16.6 Å². The molecule has 0 saturated carbocycles. The lowest BCUT2D eigenvalue weighted by atomic mass is 10.0. The van der Waals surface area contributed by atoms with Gasteiger partial charge >= 0.3 is 0 Å². The summed E-state index contributed by atoms with van der Waals surface area (Å²) in [5, 5.41) is 13.8. The highest BCUT2D eigenvalue weighted by molar-refractivity contribution is 7.99. The molecule has 0 atom stereocenters. The molecular weight excluding hydrogens is 395 g/mol. The predicted octanol–water partition coefficient (Wildman–Crippen LogP) is 4.77. The first-order chi connectivity index (χ1) is 13.8. The molecule has 0 fully saturated rings. The number of nitro benzene ring substituents is 1. The smallest absolute Gasteiger partial charge is 0.271 e. The molecule has 0 aliphatic rings. The Balaban J connectivity index is 1.67. The van der Waals surface area contributed by atoms with E-state index in [0.717, 1.165) is 23.9 Å². The highest BCUT2D eigenvalue weighted by Crippen LogP contribution is 2.24. The van der Waals surface area contributed by atoms with Crippen LogP contribution in [0, 0.1) is 15.9 Å². The summed E-state index contributed by atoms with van der Waals surface area (Å²) in [6.07, 6.45) is 3.43. The summed E-state index contributed by atoms with van der Waals surface area (Å²) in [6.45, 7) is 4.24. The number of amides is 1. The van der Waals surface area contributed by atoms with Crippen LogP contribution >= 0.6 is 11.8 Å². The van der Waals surface area contributed by atoms with E-state index in [4.69, 9.17) is 0 Å². The second-order valence-corrected chi connectivity index (χ2v) is 7.53. The van der Waals surface area contributed by atoms with E-state index in [1.54, 1.807) is 12.4 Å². The number of nitrogens with zero attached hydrogens (tertiary/aromatic N) is 3. The minimum absolute atomic E-state index is 0.0246. The number of thioether (sulfide) groups is 1. The van der Waals surface area contributed by atoms with Gasteiger partial charge in [-0.15, -0.1) is 0 Å². The standard InChI is InChI=1S/C20H19FN4O3S/c1-13(2)14-3-5-15(6-4-14)24-10-9-22-20(24)29-12-19(26)23-18-11-16(25(27)28)7-8-17(18)21/h3-11,13H,12H2,1-2H3,(H,23,26). The number of hydrogen-bond donors (Lipinski definition) is 1. The Labute approximate surface area is 171 Å². The lowest BCUT2D eigenvalue weighted by molar-refractivity contribution is -0.384. The molecule has 29 heavy (non-hydrogen) atoms. The van der Waals surface area contributed by atoms with Crippen LogP contribution in [-0.4, -0.2) is 26.1 Å². The molecule has 150 valence electrons. The molecule has 0 aliphatic carbocycles. The number of hydrogen-bond acceptors (Lipinski definition) is 5. The first-order valence-corrected chi connectivity index (χ1v) is 9.84. The third kappa shape index (κ3) is 5.00. The van der Waals surface area contributed by atoms with Crippen LogP contribution in [0.4, 0.5) is 15.8 Å². The van der Waals surface area contributed by atoms with Crippen LogP contribution in [0.5, 0.6) is 0 Å². The van der Waals surface area contributed by atoms with Crippen LogP contribution in [-0.2, 0) is 4.79 Å². The quantitative estimate of drug-likeness (QED) is 0.342. The number of anilines is 1. The van der Waals surface area contributed by atoms with Crippen LogP contribution in [0.15, 0.2) is 60.0 Å². The van der Waals surface area contributed by atoms with Crippen LogP contribution < -0.4 is 5.32 Å². The number of carbonyl (C=O) groups is 1. The highest BCUT2D eigenvalue weighted by Gasteiger charge is 2.14. The first kappa shape index (κ1) is 20.5. The van der Waals surface area contributed by atoms with Crippen molar-refractivity contribution < 1.29 is 14.1 Å². The molecule has 0 aliphatic heterocycles. The molecule has 9 heteroatoms. The van der Waals surface area contributed by atoms with Crippen molar-refractivity contribution in [3.63, 3.8) is 0 Å². The Morgan fingerprint density at radius 2 is 2.00 bits per heavy atom. The topological polar surface area (TPSA) is 90.1 Å². The van der Waals surface area contributed by atoms with Crippen molar-refractivity contribution in [3.8, 4) is 5.69 Å². The van der Waals surface area contributed by atoms with Crippen LogP contribution in [0.2, 0.25) is 0 Å². The Morgan fingerprint density at radius 1 is 1.28 bits per heavy atom. The second kappa shape index (κ2) is 8.87. The first-order valence-electron chi connectivity index (χ1n) is 8.85. The van der Waals surface area contributed by atoms with E-state index in [1.165, 1.54) is 17.3 Å². The van der Waals surface area contributed by atoms with Crippen molar-refractivity contribution in [2.75, 3.05) is 11.1 Å². The van der Waals surface area contributed by atoms with Gasteiger partial charge in [0.15, 0.2) is 5.16 Å². The summed E-state index contributed by atoms with van der Waals surface area (Å²) < 4.78 is 15.7. The molecule has 3 aromatic rings. The normalized spacial score (nSPS) is 10.9. The Bertz CT molecular complexity index is 1030. The number of halogens is 1. The van der Waals surface area contributed by atoms with E-state index in [2.05, 4.69) is 24.1 Å². The largest absolute Gasteiger partial charge is 0.323 e. The molecule has 1 aromatic heterocycles. The number of rotatable bonds is 7. The summed E-state index contributed by atoms with van der Waals surface area (Å²) in [5.41, 5.74) is 1.62. The van der Waals surface area contributed by atoms with Crippen molar-refractivity contribution in [2.24, 2.45) is 0 Å². The van der Waals surface area contributed by atoms with Gasteiger partial charge in [0.25, 0.3) is 5.69 Å². The van der Waals surface area contributed by atoms with Crippen molar-refractivity contribution in [1.82, 2.24) is 9.55 Å². The van der Waals surface area contributed by atoms with E-state index >= 15 is 0 Å². The maximum atomic E-state index is 13.8. The van der Waals surface area contributed by atoms with Gasteiger partial charge in [-0.25, -0.2) is 9.37 Å². The average molecular weight is 414 g/mol. The van der Waals surface area contributed by atoms with Crippen molar-refractivity contribution >= 4 is 29.0 Å². The van der Waals surface area contributed by atoms with Gasteiger partial charge in [0.2, 0.25) is 5.91 Å². The predicted molar refractivity (Wildman–Crippen MR) is 110 cm³/mol. The minimum atomic E-state index is -0.735. The Hall–Kier alpha value is -3.20. The lowest BCUT2D eigenvalue weighted by Gasteiger charge is -2.10. The Kier molecular flexibility index (Phi) is 6.28. The minimum Gasteiger partial charge on any atom is -0.323 e. The molecule has 0 saturated heterocycles. The molecule has 2 aromatic carbocycles. The van der Waals surface area contributed by atoms with Gasteiger partial charge in [-0.2, -0.15) is 0 Å². The molecule has 7 nitrogen and oxygen atoms in total. The van der Waals surface area contributed by atoms with Crippen molar-refractivity contribution in [3.05, 3.63) is 76.4 Å². The molecule has 0 spiro atoms. The fraction of sp³-hybridized carbons (Fsp3) is 0.200. The second-order valence-electron chi connectivity index (χ2n) is 6.58. The van der Waals surface area contributed by atoms with E-state index in [0.29, 0.717) is 11.1 Å². The molecule has 1 heterocycles. The maximum Gasteiger partial charge on any atom is 0.271 e. The average Bonchev–Trinajstić information content (AvgIpc) is 3.16. The van der Waals surface area contributed by atoms with Gasteiger partial charge in [-0.3, -0.25) is 19.5 Å². The van der Waals surface area contributed by atoms with Crippen molar-refractivity contribution in [1.29, 1.82) is 0 Å². The Morgan fingerprint density at radius 3 is 2.66 bits per heavy atom. The summed E-state index contributed by atoms with van der Waals surface area (Å²) in [5.74, 6) is -0.818. The highest BCUT2D eigenvalue weighted by atomic mass is 32.2. The molecule has 0 bridgehead atoms. The summed E-state index contributed by atoms with van der Waals surface area (Å²) >= 11 is 1.19. The van der Waals surface area contributed by atoms with Gasteiger partial charge in [0.1, 0.15) is 5.82 Å². The van der Waals surface area contributed by atoms with E-state index in [-0.39, 0.29) is 17.1 Å². The monoisotopic (exact) mass is 414 g/mol.